The number of benzene rings is 1. The fraction of sp³-hybridized carbons (Fsp3) is 0.588. The highest BCUT2D eigenvalue weighted by Crippen LogP contribution is 2.13. The van der Waals surface area contributed by atoms with Crippen molar-refractivity contribution in [2.75, 3.05) is 6.61 Å². The summed E-state index contributed by atoms with van der Waals surface area (Å²) >= 11 is 0. The van der Waals surface area contributed by atoms with Gasteiger partial charge in [-0.25, -0.2) is 0 Å². The molecule has 0 radical (unpaired) electrons. The highest BCUT2D eigenvalue weighted by Gasteiger charge is 1.95. The van der Waals surface area contributed by atoms with Gasteiger partial charge in [-0.05, 0) is 30.7 Å². The van der Waals surface area contributed by atoms with Gasteiger partial charge in [0, 0.05) is 0 Å². The van der Waals surface area contributed by atoms with Crippen LogP contribution in [0.15, 0.2) is 24.3 Å². The summed E-state index contributed by atoms with van der Waals surface area (Å²) in [5.41, 5.74) is 0.680. The highest BCUT2D eigenvalue weighted by atomic mass is 16.5. The zero-order chi connectivity index (χ0) is 13.8. The van der Waals surface area contributed by atoms with Crippen LogP contribution in [0.4, 0.5) is 0 Å². The Kier molecular flexibility index (Phi) is 8.55. The molecule has 1 rings (SSSR count). The lowest BCUT2D eigenvalue weighted by Gasteiger charge is -2.06. The topological polar surface area (TPSA) is 33.0 Å². The standard InChI is InChI=1S/C17H25NO/c1-2-3-4-5-6-7-8-9-14-19-17-12-10-16(15-18)11-13-17/h10-13H,2-9,14H2,1H3. The van der Waals surface area contributed by atoms with Crippen molar-refractivity contribution in [3.8, 4) is 11.8 Å². The quantitative estimate of drug-likeness (QED) is 0.549. The molecule has 0 amide bonds. The molecule has 0 aliphatic rings. The average molecular weight is 259 g/mol. The first kappa shape index (κ1) is 15.6. The predicted molar refractivity (Wildman–Crippen MR) is 79.3 cm³/mol. The van der Waals surface area contributed by atoms with Gasteiger partial charge < -0.3 is 4.74 Å². The summed E-state index contributed by atoms with van der Waals surface area (Å²) in [5, 5.41) is 8.69. The van der Waals surface area contributed by atoms with E-state index in [9.17, 15) is 0 Å². The number of unbranched alkanes of at least 4 members (excludes halogenated alkanes) is 7. The summed E-state index contributed by atoms with van der Waals surface area (Å²) in [4.78, 5) is 0. The smallest absolute Gasteiger partial charge is 0.119 e. The lowest BCUT2D eigenvalue weighted by atomic mass is 10.1. The highest BCUT2D eigenvalue weighted by molar-refractivity contribution is 5.34. The molecular weight excluding hydrogens is 234 g/mol. The summed E-state index contributed by atoms with van der Waals surface area (Å²) in [5.74, 6) is 0.863. The molecule has 0 spiro atoms. The van der Waals surface area contributed by atoms with E-state index in [4.69, 9.17) is 10.00 Å². The minimum Gasteiger partial charge on any atom is -0.494 e. The van der Waals surface area contributed by atoms with Crippen molar-refractivity contribution < 1.29 is 4.74 Å². The Morgan fingerprint density at radius 3 is 2.05 bits per heavy atom. The van der Waals surface area contributed by atoms with E-state index in [2.05, 4.69) is 13.0 Å². The van der Waals surface area contributed by atoms with E-state index in [1.54, 1.807) is 12.1 Å². The molecule has 0 aromatic heterocycles. The molecule has 2 nitrogen and oxygen atoms in total. The van der Waals surface area contributed by atoms with Crippen molar-refractivity contribution in [2.24, 2.45) is 0 Å². The fourth-order valence-corrected chi connectivity index (χ4v) is 2.05. The van der Waals surface area contributed by atoms with Crippen molar-refractivity contribution in [2.45, 2.75) is 58.3 Å². The molecule has 104 valence electrons. The lowest BCUT2D eigenvalue weighted by molar-refractivity contribution is 0.304. The zero-order valence-corrected chi connectivity index (χ0v) is 12.0. The van der Waals surface area contributed by atoms with Crippen molar-refractivity contribution in [3.63, 3.8) is 0 Å². The molecule has 2 heteroatoms. The largest absolute Gasteiger partial charge is 0.494 e. The van der Waals surface area contributed by atoms with Gasteiger partial charge in [0.2, 0.25) is 0 Å². The number of nitrogens with zero attached hydrogens (tertiary/aromatic N) is 1. The van der Waals surface area contributed by atoms with Gasteiger partial charge in [0.25, 0.3) is 0 Å². The Bertz CT molecular complexity index is 364. The number of hydrogen-bond donors (Lipinski definition) is 0. The second-order valence-corrected chi connectivity index (χ2v) is 4.96. The summed E-state index contributed by atoms with van der Waals surface area (Å²) in [7, 11) is 0. The van der Waals surface area contributed by atoms with Crippen molar-refractivity contribution >= 4 is 0 Å². The maximum absolute atomic E-state index is 8.69. The molecule has 0 atom stereocenters. The second kappa shape index (κ2) is 10.4. The first-order chi connectivity index (χ1) is 9.36. The number of hydrogen-bond acceptors (Lipinski definition) is 2. The zero-order valence-electron chi connectivity index (χ0n) is 12.0. The maximum Gasteiger partial charge on any atom is 0.119 e. The molecule has 0 saturated heterocycles. The van der Waals surface area contributed by atoms with E-state index in [1.165, 1.54) is 44.9 Å². The third-order valence-corrected chi connectivity index (χ3v) is 3.25. The SMILES string of the molecule is CCCCCCCCCCOc1ccc(C#N)cc1. The molecular formula is C17H25NO. The minimum absolute atomic E-state index is 0.680. The van der Waals surface area contributed by atoms with Gasteiger partial charge in [0.15, 0.2) is 0 Å². The van der Waals surface area contributed by atoms with Gasteiger partial charge in [-0.1, -0.05) is 51.9 Å². The molecule has 0 unspecified atom stereocenters. The van der Waals surface area contributed by atoms with Gasteiger partial charge in [0.1, 0.15) is 5.75 Å². The van der Waals surface area contributed by atoms with Crippen LogP contribution in [0.1, 0.15) is 63.9 Å². The Hall–Kier alpha value is -1.49. The minimum atomic E-state index is 0.680. The summed E-state index contributed by atoms with van der Waals surface area (Å²) in [6, 6.07) is 9.42. The van der Waals surface area contributed by atoms with Gasteiger partial charge in [-0.2, -0.15) is 5.26 Å². The Labute approximate surface area is 117 Å². The van der Waals surface area contributed by atoms with Crippen molar-refractivity contribution in [1.29, 1.82) is 5.26 Å². The van der Waals surface area contributed by atoms with Crippen molar-refractivity contribution in [1.82, 2.24) is 0 Å². The number of rotatable bonds is 10. The van der Waals surface area contributed by atoms with Gasteiger partial charge in [-0.3, -0.25) is 0 Å². The normalized spacial score (nSPS) is 10.1. The maximum atomic E-state index is 8.69. The van der Waals surface area contributed by atoms with Gasteiger partial charge >= 0.3 is 0 Å². The predicted octanol–water partition coefficient (Wildman–Crippen LogP) is 5.08. The van der Waals surface area contributed by atoms with Crippen LogP contribution in [0, 0.1) is 11.3 Å². The molecule has 0 aliphatic heterocycles. The van der Waals surface area contributed by atoms with Gasteiger partial charge in [0.05, 0.1) is 18.2 Å². The summed E-state index contributed by atoms with van der Waals surface area (Å²) in [6.07, 6.45) is 10.5. The molecule has 19 heavy (non-hydrogen) atoms. The van der Waals surface area contributed by atoms with Crippen LogP contribution < -0.4 is 4.74 Å². The Morgan fingerprint density at radius 1 is 0.895 bits per heavy atom. The van der Waals surface area contributed by atoms with E-state index < -0.39 is 0 Å². The van der Waals surface area contributed by atoms with Crippen LogP contribution >= 0.6 is 0 Å². The van der Waals surface area contributed by atoms with Crippen molar-refractivity contribution in [3.05, 3.63) is 29.8 Å². The third-order valence-electron chi connectivity index (χ3n) is 3.25. The number of ether oxygens (including phenoxy) is 1. The van der Waals surface area contributed by atoms with Crippen LogP contribution in [-0.2, 0) is 0 Å². The van der Waals surface area contributed by atoms with E-state index in [0.717, 1.165) is 18.8 Å². The first-order valence-corrected chi connectivity index (χ1v) is 7.49. The third kappa shape index (κ3) is 7.51. The second-order valence-electron chi connectivity index (χ2n) is 4.96. The van der Waals surface area contributed by atoms with Crippen LogP contribution in [0.5, 0.6) is 5.75 Å². The molecule has 0 fully saturated rings. The molecule has 0 heterocycles. The van der Waals surface area contributed by atoms with E-state index in [1.807, 2.05) is 12.1 Å². The van der Waals surface area contributed by atoms with E-state index in [-0.39, 0.29) is 0 Å². The van der Waals surface area contributed by atoms with Gasteiger partial charge in [-0.15, -0.1) is 0 Å². The average Bonchev–Trinajstić information content (AvgIpc) is 2.46. The molecule has 0 saturated carbocycles. The molecule has 0 N–H and O–H groups in total. The Morgan fingerprint density at radius 2 is 1.47 bits per heavy atom. The van der Waals surface area contributed by atoms with Crippen LogP contribution in [0.3, 0.4) is 0 Å². The van der Waals surface area contributed by atoms with E-state index in [0.29, 0.717) is 5.56 Å². The first-order valence-electron chi connectivity index (χ1n) is 7.49. The fourth-order valence-electron chi connectivity index (χ4n) is 2.05. The van der Waals surface area contributed by atoms with Crippen LogP contribution in [-0.4, -0.2) is 6.61 Å². The molecule has 0 aliphatic carbocycles. The molecule has 1 aromatic rings. The summed E-state index contributed by atoms with van der Waals surface area (Å²) in [6.45, 7) is 3.03. The molecule has 1 aromatic carbocycles. The van der Waals surface area contributed by atoms with Crippen LogP contribution in [0.25, 0.3) is 0 Å². The number of nitriles is 1. The lowest BCUT2D eigenvalue weighted by Crippen LogP contribution is -1.97. The molecule has 0 bridgehead atoms. The van der Waals surface area contributed by atoms with Crippen LogP contribution in [0.2, 0.25) is 0 Å². The van der Waals surface area contributed by atoms with E-state index >= 15 is 0 Å². The Balaban J connectivity index is 1.97. The summed E-state index contributed by atoms with van der Waals surface area (Å²) < 4.78 is 5.64. The monoisotopic (exact) mass is 259 g/mol.